The highest BCUT2D eigenvalue weighted by molar-refractivity contribution is 7.21. The second-order valence-electron chi connectivity index (χ2n) is 10.5. The van der Waals surface area contributed by atoms with E-state index in [1.54, 1.807) is 19.1 Å². The maximum atomic E-state index is 14.0. The fourth-order valence-electron chi connectivity index (χ4n) is 4.91. The molecule has 2 aromatic carbocycles. The molecule has 198 valence electrons. The number of carbonyl (C=O) groups is 2. The van der Waals surface area contributed by atoms with E-state index in [2.05, 4.69) is 0 Å². The number of benzene rings is 2. The van der Waals surface area contributed by atoms with Crippen molar-refractivity contribution in [3.63, 3.8) is 0 Å². The smallest absolute Gasteiger partial charge is 0.410 e. The number of hydrogen-bond donors (Lipinski definition) is 0. The molecule has 4 rings (SSSR count). The Hall–Kier alpha value is -2.77. The van der Waals surface area contributed by atoms with Crippen molar-refractivity contribution in [3.8, 4) is 5.75 Å². The molecule has 1 saturated carbocycles. The Kier molecular flexibility index (Phi) is 8.34. The molecule has 8 heteroatoms. The predicted octanol–water partition coefficient (Wildman–Crippen LogP) is 7.38. The molecule has 1 fully saturated rings. The second kappa shape index (κ2) is 11.3. The molecule has 0 unspecified atom stereocenters. The van der Waals surface area contributed by atoms with E-state index < -0.39 is 5.60 Å². The zero-order chi connectivity index (χ0) is 26.7. The van der Waals surface area contributed by atoms with Gasteiger partial charge in [-0.1, -0.05) is 48.0 Å². The van der Waals surface area contributed by atoms with Gasteiger partial charge in [-0.25, -0.2) is 4.79 Å². The molecule has 6 nitrogen and oxygen atoms in total. The summed E-state index contributed by atoms with van der Waals surface area (Å²) < 4.78 is 12.1. The van der Waals surface area contributed by atoms with Crippen LogP contribution in [0.3, 0.4) is 0 Å². The molecule has 1 heterocycles. The minimum atomic E-state index is -0.538. The lowest BCUT2D eigenvalue weighted by atomic mass is 9.89. The van der Waals surface area contributed by atoms with Gasteiger partial charge in [-0.15, -0.1) is 11.3 Å². The van der Waals surface area contributed by atoms with Gasteiger partial charge in [-0.05, 0) is 58.6 Å². The highest BCUT2D eigenvalue weighted by Gasteiger charge is 2.35. The third kappa shape index (κ3) is 6.21. The molecular formula is C29H35ClN2O4S. The molecule has 1 aliphatic rings. The van der Waals surface area contributed by atoms with Crippen LogP contribution in [-0.2, 0) is 11.3 Å². The van der Waals surface area contributed by atoms with Crippen molar-refractivity contribution in [1.29, 1.82) is 0 Å². The van der Waals surface area contributed by atoms with Crippen LogP contribution in [-0.4, -0.2) is 53.6 Å². The summed E-state index contributed by atoms with van der Waals surface area (Å²) in [5.74, 6) is 0.683. The molecule has 1 aliphatic carbocycles. The van der Waals surface area contributed by atoms with Gasteiger partial charge >= 0.3 is 6.09 Å². The van der Waals surface area contributed by atoms with Gasteiger partial charge in [0.25, 0.3) is 5.91 Å². The SMILES string of the molecule is COc1ccccc1CN(C(=O)c1sc2ccccc2c1Cl)C1CCC(N(C)C(=O)OC(C)(C)C)CC1. The van der Waals surface area contributed by atoms with E-state index in [-0.39, 0.29) is 24.1 Å². The first-order chi connectivity index (χ1) is 17.6. The molecule has 37 heavy (non-hydrogen) atoms. The van der Waals surface area contributed by atoms with Crippen LogP contribution in [0.4, 0.5) is 4.79 Å². The van der Waals surface area contributed by atoms with Gasteiger partial charge in [0.2, 0.25) is 0 Å². The van der Waals surface area contributed by atoms with Crippen molar-refractivity contribution >= 4 is 45.0 Å². The average Bonchev–Trinajstić information content (AvgIpc) is 3.22. The quantitative estimate of drug-likeness (QED) is 0.326. The van der Waals surface area contributed by atoms with Gasteiger partial charge in [0.1, 0.15) is 16.2 Å². The summed E-state index contributed by atoms with van der Waals surface area (Å²) in [6, 6.07) is 15.7. The molecule has 0 N–H and O–H groups in total. The number of thiophene rings is 1. The summed E-state index contributed by atoms with van der Waals surface area (Å²) in [4.78, 5) is 30.9. The summed E-state index contributed by atoms with van der Waals surface area (Å²) >= 11 is 8.16. The van der Waals surface area contributed by atoms with Gasteiger partial charge in [-0.2, -0.15) is 0 Å². The van der Waals surface area contributed by atoms with Crippen LogP contribution in [0, 0.1) is 0 Å². The molecule has 0 saturated heterocycles. The maximum Gasteiger partial charge on any atom is 0.410 e. The highest BCUT2D eigenvalue weighted by Crippen LogP contribution is 2.38. The third-order valence-electron chi connectivity index (χ3n) is 6.86. The molecule has 0 spiro atoms. The summed E-state index contributed by atoms with van der Waals surface area (Å²) in [7, 11) is 3.44. The normalized spacial score (nSPS) is 17.9. The minimum Gasteiger partial charge on any atom is -0.496 e. The number of ether oxygens (including phenoxy) is 2. The third-order valence-corrected chi connectivity index (χ3v) is 8.52. The lowest BCUT2D eigenvalue weighted by Crippen LogP contribution is -2.47. The summed E-state index contributed by atoms with van der Waals surface area (Å²) in [6.07, 6.45) is 2.82. The lowest BCUT2D eigenvalue weighted by molar-refractivity contribution is 0.0144. The van der Waals surface area contributed by atoms with Crippen molar-refractivity contribution < 1.29 is 19.1 Å². The first kappa shape index (κ1) is 27.3. The Labute approximate surface area is 228 Å². The van der Waals surface area contributed by atoms with E-state index >= 15 is 0 Å². The van der Waals surface area contributed by atoms with Crippen molar-refractivity contribution in [3.05, 3.63) is 64.0 Å². The molecule has 0 atom stereocenters. The Balaban J connectivity index is 1.57. The van der Waals surface area contributed by atoms with Gasteiger partial charge in [-0.3, -0.25) is 4.79 Å². The van der Waals surface area contributed by atoms with Crippen molar-refractivity contribution in [2.24, 2.45) is 0 Å². The number of nitrogens with zero attached hydrogens (tertiary/aromatic N) is 2. The van der Waals surface area contributed by atoms with Crippen molar-refractivity contribution in [1.82, 2.24) is 9.80 Å². The zero-order valence-electron chi connectivity index (χ0n) is 22.1. The summed E-state index contributed by atoms with van der Waals surface area (Å²) in [6.45, 7) is 6.03. The molecule has 2 amide bonds. The highest BCUT2D eigenvalue weighted by atomic mass is 35.5. The van der Waals surface area contributed by atoms with E-state index in [0.717, 1.165) is 47.1 Å². The van der Waals surface area contributed by atoms with Crippen LogP contribution in [0.5, 0.6) is 5.75 Å². The van der Waals surface area contributed by atoms with Crippen LogP contribution >= 0.6 is 22.9 Å². The monoisotopic (exact) mass is 542 g/mol. The van der Waals surface area contributed by atoms with Crippen LogP contribution in [0.1, 0.15) is 61.7 Å². The molecule has 0 aliphatic heterocycles. The van der Waals surface area contributed by atoms with Crippen LogP contribution < -0.4 is 4.74 Å². The molecule has 0 radical (unpaired) electrons. The second-order valence-corrected chi connectivity index (χ2v) is 12.0. The Bertz CT molecular complexity index is 1260. The first-order valence-electron chi connectivity index (χ1n) is 12.6. The average molecular weight is 543 g/mol. The topological polar surface area (TPSA) is 59.1 Å². The number of para-hydroxylation sites is 1. The fourth-order valence-corrected chi connectivity index (χ4v) is 6.37. The number of rotatable bonds is 6. The van der Waals surface area contributed by atoms with E-state index in [4.69, 9.17) is 21.1 Å². The van der Waals surface area contributed by atoms with Crippen LogP contribution in [0.2, 0.25) is 5.02 Å². The summed E-state index contributed by atoms with van der Waals surface area (Å²) in [5, 5.41) is 1.41. The van der Waals surface area contributed by atoms with E-state index in [1.165, 1.54) is 11.3 Å². The first-order valence-corrected chi connectivity index (χ1v) is 13.8. The van der Waals surface area contributed by atoms with E-state index in [0.29, 0.717) is 16.4 Å². The van der Waals surface area contributed by atoms with Crippen LogP contribution in [0.25, 0.3) is 10.1 Å². The predicted molar refractivity (Wildman–Crippen MR) is 150 cm³/mol. The van der Waals surface area contributed by atoms with Gasteiger partial charge in [0.15, 0.2) is 0 Å². The largest absolute Gasteiger partial charge is 0.496 e. The van der Waals surface area contributed by atoms with E-state index in [9.17, 15) is 9.59 Å². The number of carbonyl (C=O) groups excluding carboxylic acids is 2. The fraction of sp³-hybridized carbons (Fsp3) is 0.448. The van der Waals surface area contributed by atoms with E-state index in [1.807, 2.05) is 74.2 Å². The Morgan fingerprint density at radius 3 is 2.27 bits per heavy atom. The number of fused-ring (bicyclic) bond motifs is 1. The van der Waals surface area contributed by atoms with Crippen LogP contribution in [0.15, 0.2) is 48.5 Å². The standard InChI is InChI=1S/C29H35ClN2O4S/c1-29(2,3)36-28(34)31(4)20-14-16-21(17-15-20)32(18-19-10-6-8-12-23(19)35-5)27(33)26-25(30)22-11-7-9-13-24(22)37-26/h6-13,20-21H,14-18H2,1-5H3. The Morgan fingerprint density at radius 2 is 1.62 bits per heavy atom. The molecular weight excluding hydrogens is 508 g/mol. The van der Waals surface area contributed by atoms with Crippen molar-refractivity contribution in [2.45, 2.75) is 70.7 Å². The number of methoxy groups -OCH3 is 1. The van der Waals surface area contributed by atoms with Crippen molar-refractivity contribution in [2.75, 3.05) is 14.2 Å². The van der Waals surface area contributed by atoms with Gasteiger partial charge < -0.3 is 19.3 Å². The Morgan fingerprint density at radius 1 is 1.00 bits per heavy atom. The zero-order valence-corrected chi connectivity index (χ0v) is 23.7. The molecule has 0 bridgehead atoms. The molecule has 3 aromatic rings. The minimum absolute atomic E-state index is 0.0157. The number of halogens is 1. The van der Waals surface area contributed by atoms with Gasteiger partial charge in [0.05, 0.1) is 12.1 Å². The lowest BCUT2D eigenvalue weighted by Gasteiger charge is -2.40. The number of amides is 2. The van der Waals surface area contributed by atoms with Gasteiger partial charge in [0, 0.05) is 41.3 Å². The summed E-state index contributed by atoms with van der Waals surface area (Å²) in [5.41, 5.74) is 0.410. The number of hydrogen-bond acceptors (Lipinski definition) is 5. The molecule has 1 aromatic heterocycles. The maximum absolute atomic E-state index is 14.0.